The van der Waals surface area contributed by atoms with Gasteiger partial charge in [-0.2, -0.15) is 0 Å². The molecular weight excluding hydrogens is 170 g/mol. The van der Waals surface area contributed by atoms with Gasteiger partial charge in [-0.15, -0.1) is 0 Å². The molecule has 1 aliphatic heterocycles. The molecule has 1 nitrogen and oxygen atoms in total. The number of hydrogen-bond acceptors (Lipinski definition) is 1. The van der Waals surface area contributed by atoms with E-state index in [1.165, 1.54) is 31.4 Å². The highest BCUT2D eigenvalue weighted by Gasteiger charge is 2.22. The first kappa shape index (κ1) is 9.72. The predicted octanol–water partition coefficient (Wildman–Crippen LogP) is 3.06. The van der Waals surface area contributed by atoms with Crippen molar-refractivity contribution >= 4 is 0 Å². The summed E-state index contributed by atoms with van der Waals surface area (Å²) in [5.74, 6) is 0. The summed E-state index contributed by atoms with van der Waals surface area (Å²) in [6.07, 6.45) is 4.07. The molecule has 0 bridgehead atoms. The number of rotatable bonds is 3. The Bertz CT molecular complexity index is 268. The second kappa shape index (κ2) is 4.61. The van der Waals surface area contributed by atoms with Crippen molar-refractivity contribution < 1.29 is 0 Å². The van der Waals surface area contributed by atoms with Gasteiger partial charge in [-0.25, -0.2) is 0 Å². The third kappa shape index (κ3) is 2.16. The Hall–Kier alpha value is -0.820. The van der Waals surface area contributed by atoms with Crippen LogP contribution in [0.5, 0.6) is 0 Å². The zero-order valence-electron chi connectivity index (χ0n) is 8.95. The molecule has 1 aromatic rings. The van der Waals surface area contributed by atoms with E-state index in [9.17, 15) is 0 Å². The molecule has 0 spiro atoms. The monoisotopic (exact) mass is 189 g/mol. The molecule has 0 radical (unpaired) electrons. The first-order valence-corrected chi connectivity index (χ1v) is 5.68. The molecule has 1 fully saturated rings. The van der Waals surface area contributed by atoms with Gasteiger partial charge in [-0.05, 0) is 31.4 Å². The Kier molecular flexibility index (Phi) is 3.20. The Morgan fingerprint density at radius 2 is 2.07 bits per heavy atom. The lowest BCUT2D eigenvalue weighted by Crippen LogP contribution is -2.28. The zero-order chi connectivity index (χ0) is 9.80. The van der Waals surface area contributed by atoms with E-state index in [1.54, 1.807) is 0 Å². The molecule has 14 heavy (non-hydrogen) atoms. The van der Waals surface area contributed by atoms with Crippen molar-refractivity contribution in [3.63, 3.8) is 0 Å². The van der Waals surface area contributed by atoms with Crippen LogP contribution in [0.1, 0.15) is 31.7 Å². The molecule has 1 heteroatoms. The first-order chi connectivity index (χ1) is 6.90. The van der Waals surface area contributed by atoms with Gasteiger partial charge in [0.25, 0.3) is 0 Å². The summed E-state index contributed by atoms with van der Waals surface area (Å²) in [5.41, 5.74) is 1.45. The van der Waals surface area contributed by atoms with E-state index in [1.807, 2.05) is 0 Å². The average Bonchev–Trinajstić information content (AvgIpc) is 2.67. The zero-order valence-corrected chi connectivity index (χ0v) is 8.95. The van der Waals surface area contributed by atoms with Crippen LogP contribution in [0.25, 0.3) is 0 Å². The smallest absolute Gasteiger partial charge is 0.0236 e. The molecule has 1 aromatic carbocycles. The Balaban J connectivity index is 1.97. The van der Waals surface area contributed by atoms with Gasteiger partial charge in [0, 0.05) is 12.6 Å². The molecule has 0 aromatic heterocycles. The van der Waals surface area contributed by atoms with E-state index in [0.29, 0.717) is 0 Å². The van der Waals surface area contributed by atoms with Gasteiger partial charge in [-0.1, -0.05) is 37.3 Å². The fraction of sp³-hybridized carbons (Fsp3) is 0.538. The van der Waals surface area contributed by atoms with E-state index in [4.69, 9.17) is 0 Å². The molecule has 1 heterocycles. The van der Waals surface area contributed by atoms with Crippen LogP contribution in [0.2, 0.25) is 0 Å². The van der Waals surface area contributed by atoms with Crippen molar-refractivity contribution in [2.75, 3.05) is 6.54 Å². The van der Waals surface area contributed by atoms with Crippen LogP contribution >= 0.6 is 0 Å². The molecule has 2 rings (SSSR count). The van der Waals surface area contributed by atoms with Crippen molar-refractivity contribution in [1.29, 1.82) is 0 Å². The van der Waals surface area contributed by atoms with Gasteiger partial charge in [-0.3, -0.25) is 4.90 Å². The summed E-state index contributed by atoms with van der Waals surface area (Å²) in [4.78, 5) is 2.62. The van der Waals surface area contributed by atoms with Crippen molar-refractivity contribution in [3.8, 4) is 0 Å². The van der Waals surface area contributed by atoms with Crippen LogP contribution < -0.4 is 0 Å². The first-order valence-electron chi connectivity index (χ1n) is 5.68. The van der Waals surface area contributed by atoms with Crippen molar-refractivity contribution in [3.05, 3.63) is 35.9 Å². The van der Waals surface area contributed by atoms with Gasteiger partial charge < -0.3 is 0 Å². The fourth-order valence-corrected chi connectivity index (χ4v) is 2.38. The van der Waals surface area contributed by atoms with E-state index in [0.717, 1.165) is 12.6 Å². The summed E-state index contributed by atoms with van der Waals surface area (Å²) >= 11 is 0. The van der Waals surface area contributed by atoms with Crippen LogP contribution in [0, 0.1) is 0 Å². The molecule has 0 saturated carbocycles. The highest BCUT2D eigenvalue weighted by Crippen LogP contribution is 2.21. The van der Waals surface area contributed by atoms with Crippen LogP contribution in [0.4, 0.5) is 0 Å². The minimum Gasteiger partial charge on any atom is -0.296 e. The van der Waals surface area contributed by atoms with Gasteiger partial charge in [0.15, 0.2) is 0 Å². The third-order valence-electron chi connectivity index (χ3n) is 3.20. The SMILES string of the molecule is CC[C@H]1CCCN1Cc1ccccc1. The van der Waals surface area contributed by atoms with Gasteiger partial charge in [0.05, 0.1) is 0 Å². The molecule has 0 N–H and O–H groups in total. The lowest BCUT2D eigenvalue weighted by molar-refractivity contribution is 0.240. The van der Waals surface area contributed by atoms with Crippen LogP contribution in [-0.2, 0) is 6.54 Å². The maximum atomic E-state index is 2.62. The summed E-state index contributed by atoms with van der Waals surface area (Å²) < 4.78 is 0. The van der Waals surface area contributed by atoms with E-state index < -0.39 is 0 Å². The quantitative estimate of drug-likeness (QED) is 0.706. The van der Waals surface area contributed by atoms with Crippen LogP contribution in [0.3, 0.4) is 0 Å². The minimum atomic E-state index is 0.829. The van der Waals surface area contributed by atoms with Crippen molar-refractivity contribution in [2.24, 2.45) is 0 Å². The third-order valence-corrected chi connectivity index (χ3v) is 3.20. The Morgan fingerprint density at radius 3 is 2.79 bits per heavy atom. The Labute approximate surface area is 86.7 Å². The predicted molar refractivity (Wildman–Crippen MR) is 60.2 cm³/mol. The standard InChI is InChI=1S/C13H19N/c1-2-13-9-6-10-14(13)11-12-7-4-3-5-8-12/h3-5,7-8,13H,2,6,9-11H2,1H3/t13-/m0/s1. The molecule has 1 atom stereocenters. The highest BCUT2D eigenvalue weighted by atomic mass is 15.2. The molecule has 0 amide bonds. The Morgan fingerprint density at radius 1 is 1.29 bits per heavy atom. The number of benzene rings is 1. The lowest BCUT2D eigenvalue weighted by Gasteiger charge is -2.23. The largest absolute Gasteiger partial charge is 0.296 e. The summed E-state index contributed by atoms with van der Waals surface area (Å²) in [6.45, 7) is 4.72. The number of nitrogens with zero attached hydrogens (tertiary/aromatic N) is 1. The fourth-order valence-electron chi connectivity index (χ4n) is 2.38. The summed E-state index contributed by atoms with van der Waals surface area (Å²) in [6, 6.07) is 11.6. The normalized spacial score (nSPS) is 22.8. The van der Waals surface area contributed by atoms with E-state index in [-0.39, 0.29) is 0 Å². The second-order valence-electron chi connectivity index (χ2n) is 4.16. The highest BCUT2D eigenvalue weighted by molar-refractivity contribution is 5.14. The maximum Gasteiger partial charge on any atom is 0.0236 e. The summed E-state index contributed by atoms with van der Waals surface area (Å²) in [7, 11) is 0. The van der Waals surface area contributed by atoms with E-state index >= 15 is 0 Å². The summed E-state index contributed by atoms with van der Waals surface area (Å²) in [5, 5.41) is 0. The van der Waals surface area contributed by atoms with Crippen molar-refractivity contribution in [1.82, 2.24) is 4.90 Å². The molecular formula is C13H19N. The molecule has 0 aliphatic carbocycles. The molecule has 1 saturated heterocycles. The van der Waals surface area contributed by atoms with Gasteiger partial charge in [0.1, 0.15) is 0 Å². The number of hydrogen-bond donors (Lipinski definition) is 0. The number of likely N-dealkylation sites (tertiary alicyclic amines) is 1. The second-order valence-corrected chi connectivity index (χ2v) is 4.16. The minimum absolute atomic E-state index is 0.829. The van der Waals surface area contributed by atoms with Crippen molar-refractivity contribution in [2.45, 2.75) is 38.8 Å². The van der Waals surface area contributed by atoms with Gasteiger partial charge in [0.2, 0.25) is 0 Å². The van der Waals surface area contributed by atoms with Crippen LogP contribution in [-0.4, -0.2) is 17.5 Å². The topological polar surface area (TPSA) is 3.24 Å². The maximum absolute atomic E-state index is 2.62. The van der Waals surface area contributed by atoms with Gasteiger partial charge >= 0.3 is 0 Å². The lowest BCUT2D eigenvalue weighted by atomic mass is 10.1. The molecule has 0 unspecified atom stereocenters. The van der Waals surface area contributed by atoms with E-state index in [2.05, 4.69) is 42.2 Å². The van der Waals surface area contributed by atoms with Crippen LogP contribution in [0.15, 0.2) is 30.3 Å². The average molecular weight is 189 g/mol. The molecule has 76 valence electrons. The molecule has 1 aliphatic rings.